The van der Waals surface area contributed by atoms with Crippen LogP contribution in [0.1, 0.15) is 27.0 Å². The molecule has 3 rings (SSSR count). The molecular weight excluding hydrogens is 402 g/mol. The molecule has 0 heterocycles. The maximum absolute atomic E-state index is 12.4. The first-order chi connectivity index (χ1) is 15.0. The minimum Gasteiger partial charge on any atom is -0.489 e. The monoisotopic (exact) mass is 422 g/mol. The number of benzene rings is 3. The molecule has 3 aromatic carbocycles. The Morgan fingerprint density at radius 3 is 2.52 bits per heavy atom. The normalized spacial score (nSPS) is 10.4. The highest BCUT2D eigenvalue weighted by Crippen LogP contribution is 2.17. The van der Waals surface area contributed by atoms with E-state index in [2.05, 4.69) is 16.1 Å². The second kappa shape index (κ2) is 10.7. The summed E-state index contributed by atoms with van der Waals surface area (Å²) in [5.41, 5.74) is 2.65. The Labute approximate surface area is 178 Å². The zero-order chi connectivity index (χ0) is 22.1. The maximum atomic E-state index is 12.4. The number of nitrogens with zero attached hydrogens (tertiary/aromatic N) is 1. The molecule has 0 bridgehead atoms. The topological polar surface area (TPSA) is 71.3 Å². The molecule has 7 heteroatoms. The number of ether oxygens (including phenoxy) is 2. The van der Waals surface area contributed by atoms with Gasteiger partial charge in [-0.3, -0.25) is 4.79 Å². The minimum absolute atomic E-state index is 0.0944. The van der Waals surface area contributed by atoms with E-state index in [1.54, 1.807) is 48.5 Å². The van der Waals surface area contributed by atoms with Crippen molar-refractivity contribution in [1.82, 2.24) is 5.32 Å². The van der Waals surface area contributed by atoms with Gasteiger partial charge in [0, 0.05) is 17.7 Å². The summed E-state index contributed by atoms with van der Waals surface area (Å²) in [4.78, 5) is 12.4. The molecule has 1 amide bonds. The molecule has 1 N–H and O–H groups in total. The Balaban J connectivity index is 1.51. The highest BCUT2D eigenvalue weighted by molar-refractivity contribution is 5.94. The van der Waals surface area contributed by atoms with Crippen LogP contribution in [0, 0.1) is 11.3 Å². The first-order valence-corrected chi connectivity index (χ1v) is 9.58. The fourth-order valence-corrected chi connectivity index (χ4v) is 2.90. The van der Waals surface area contributed by atoms with Crippen LogP contribution in [0.4, 0.5) is 8.78 Å². The van der Waals surface area contributed by atoms with Crippen LogP contribution in [0.15, 0.2) is 72.8 Å². The number of nitrogens with one attached hydrogen (secondary N) is 1. The van der Waals surface area contributed by atoms with Gasteiger partial charge in [-0.2, -0.15) is 14.0 Å². The molecule has 3 aromatic rings. The molecule has 158 valence electrons. The first kappa shape index (κ1) is 21.8. The van der Waals surface area contributed by atoms with Crippen molar-refractivity contribution >= 4 is 5.91 Å². The van der Waals surface area contributed by atoms with Crippen molar-refractivity contribution in [1.29, 1.82) is 5.26 Å². The molecule has 0 atom stereocenters. The summed E-state index contributed by atoms with van der Waals surface area (Å²) in [5.74, 6) is 0.368. The lowest BCUT2D eigenvalue weighted by Crippen LogP contribution is -2.25. The van der Waals surface area contributed by atoms with Crippen LogP contribution in [0.25, 0.3) is 0 Å². The van der Waals surface area contributed by atoms with Gasteiger partial charge in [0.25, 0.3) is 5.91 Å². The molecule has 0 aromatic heterocycles. The Bertz CT molecular complexity index is 1060. The van der Waals surface area contributed by atoms with Crippen molar-refractivity contribution in [2.45, 2.75) is 19.6 Å². The highest BCUT2D eigenvalue weighted by atomic mass is 19.3. The lowest BCUT2D eigenvalue weighted by molar-refractivity contribution is -0.0498. The van der Waals surface area contributed by atoms with Crippen molar-refractivity contribution in [3.8, 4) is 17.6 Å². The summed E-state index contributed by atoms with van der Waals surface area (Å²) in [6.07, 6.45) is 0.543. The molecule has 0 aliphatic rings. The minimum atomic E-state index is -2.86. The van der Waals surface area contributed by atoms with Gasteiger partial charge in [-0.05, 0) is 48.4 Å². The summed E-state index contributed by atoms with van der Waals surface area (Å²) in [5, 5.41) is 12.0. The molecule has 5 nitrogen and oxygen atoms in total. The zero-order valence-corrected chi connectivity index (χ0v) is 16.6. The van der Waals surface area contributed by atoms with Gasteiger partial charge in [0.1, 0.15) is 18.1 Å². The van der Waals surface area contributed by atoms with E-state index < -0.39 is 6.61 Å². The Kier molecular flexibility index (Phi) is 7.55. The molecule has 0 fully saturated rings. The largest absolute Gasteiger partial charge is 0.489 e. The van der Waals surface area contributed by atoms with Gasteiger partial charge >= 0.3 is 6.61 Å². The van der Waals surface area contributed by atoms with Gasteiger partial charge in [-0.15, -0.1) is 0 Å². The number of amides is 1. The zero-order valence-electron chi connectivity index (χ0n) is 16.6. The van der Waals surface area contributed by atoms with Crippen LogP contribution in [-0.2, 0) is 13.0 Å². The summed E-state index contributed by atoms with van der Waals surface area (Å²) in [6.45, 7) is -2.25. The standard InChI is InChI=1S/C24H20F2N2O3/c25-24(26)31-21-10-8-17(9-11-21)12-13-28-23(29)18-6-3-7-22(14-18)30-16-20-5-2-1-4-19(20)15-27/h1-11,14,24H,12-13,16H2,(H,28,29). The van der Waals surface area contributed by atoms with Gasteiger partial charge in [0.05, 0.1) is 11.6 Å². The van der Waals surface area contributed by atoms with Gasteiger partial charge in [0.2, 0.25) is 0 Å². The maximum Gasteiger partial charge on any atom is 0.387 e. The number of hydrogen-bond donors (Lipinski definition) is 1. The third-order valence-corrected chi connectivity index (χ3v) is 4.48. The summed E-state index contributed by atoms with van der Waals surface area (Å²) in [7, 11) is 0. The number of halogens is 2. The second-order valence-electron chi connectivity index (χ2n) is 6.61. The molecule has 0 radical (unpaired) electrons. The molecule has 0 saturated carbocycles. The summed E-state index contributed by atoms with van der Waals surface area (Å²) in [6, 6.07) is 22.4. The van der Waals surface area contributed by atoms with Gasteiger partial charge in [-0.1, -0.05) is 36.4 Å². The van der Waals surface area contributed by atoms with E-state index in [-0.39, 0.29) is 18.3 Å². The van der Waals surface area contributed by atoms with Crippen LogP contribution in [-0.4, -0.2) is 19.1 Å². The van der Waals surface area contributed by atoms with Gasteiger partial charge in [-0.25, -0.2) is 0 Å². The number of hydrogen-bond acceptors (Lipinski definition) is 4. The van der Waals surface area contributed by atoms with E-state index in [0.29, 0.717) is 29.8 Å². The quantitative estimate of drug-likeness (QED) is 0.542. The lowest BCUT2D eigenvalue weighted by atomic mass is 10.1. The molecule has 0 saturated heterocycles. The molecule has 0 aliphatic carbocycles. The average Bonchev–Trinajstić information content (AvgIpc) is 2.79. The van der Waals surface area contributed by atoms with Crippen LogP contribution in [0.2, 0.25) is 0 Å². The Morgan fingerprint density at radius 2 is 1.77 bits per heavy atom. The fraction of sp³-hybridized carbons (Fsp3) is 0.167. The number of carbonyl (C=O) groups excluding carboxylic acids is 1. The predicted molar refractivity (Wildman–Crippen MR) is 111 cm³/mol. The predicted octanol–water partition coefficient (Wildman–Crippen LogP) is 4.71. The van der Waals surface area contributed by atoms with E-state index in [4.69, 9.17) is 10.00 Å². The number of alkyl halides is 2. The smallest absolute Gasteiger partial charge is 0.387 e. The SMILES string of the molecule is N#Cc1ccccc1COc1cccc(C(=O)NCCc2ccc(OC(F)F)cc2)c1. The molecule has 0 unspecified atom stereocenters. The second-order valence-corrected chi connectivity index (χ2v) is 6.61. The molecular formula is C24H20F2N2O3. The van der Waals surface area contributed by atoms with Crippen LogP contribution in [0.5, 0.6) is 11.5 Å². The van der Waals surface area contributed by atoms with Crippen LogP contribution in [0.3, 0.4) is 0 Å². The van der Waals surface area contributed by atoms with E-state index in [0.717, 1.165) is 11.1 Å². The number of rotatable bonds is 9. The third kappa shape index (κ3) is 6.54. The molecule has 0 aliphatic heterocycles. The number of nitriles is 1. The van der Waals surface area contributed by atoms with Gasteiger partial charge in [0.15, 0.2) is 0 Å². The van der Waals surface area contributed by atoms with Crippen molar-refractivity contribution in [2.75, 3.05) is 6.54 Å². The van der Waals surface area contributed by atoms with Crippen LogP contribution < -0.4 is 14.8 Å². The van der Waals surface area contributed by atoms with Crippen molar-refractivity contribution in [3.63, 3.8) is 0 Å². The first-order valence-electron chi connectivity index (χ1n) is 9.58. The van der Waals surface area contributed by atoms with Crippen molar-refractivity contribution in [2.24, 2.45) is 0 Å². The van der Waals surface area contributed by atoms with Crippen molar-refractivity contribution in [3.05, 3.63) is 95.1 Å². The van der Waals surface area contributed by atoms with E-state index in [1.807, 2.05) is 12.1 Å². The third-order valence-electron chi connectivity index (χ3n) is 4.48. The van der Waals surface area contributed by atoms with E-state index in [9.17, 15) is 13.6 Å². The Morgan fingerprint density at radius 1 is 1.00 bits per heavy atom. The lowest BCUT2D eigenvalue weighted by Gasteiger charge is -2.10. The summed E-state index contributed by atoms with van der Waals surface area (Å²) < 4.78 is 34.4. The fourth-order valence-electron chi connectivity index (χ4n) is 2.90. The Hall–Kier alpha value is -3.92. The number of carbonyl (C=O) groups is 1. The van der Waals surface area contributed by atoms with Gasteiger partial charge < -0.3 is 14.8 Å². The summed E-state index contributed by atoms with van der Waals surface area (Å²) >= 11 is 0. The molecule has 0 spiro atoms. The molecule has 31 heavy (non-hydrogen) atoms. The highest BCUT2D eigenvalue weighted by Gasteiger charge is 2.08. The van der Waals surface area contributed by atoms with Crippen molar-refractivity contribution < 1.29 is 23.0 Å². The van der Waals surface area contributed by atoms with E-state index >= 15 is 0 Å². The van der Waals surface area contributed by atoms with Crippen LogP contribution >= 0.6 is 0 Å². The van der Waals surface area contributed by atoms with E-state index in [1.165, 1.54) is 12.1 Å². The average molecular weight is 422 g/mol.